The Morgan fingerprint density at radius 1 is 1.06 bits per heavy atom. The molecule has 0 bridgehead atoms. The molecular formula is C29H22BrIN2O2. The molecule has 0 heterocycles. The third-order valence-electron chi connectivity index (χ3n) is 5.71. The van der Waals surface area contributed by atoms with Gasteiger partial charge in [-0.05, 0) is 116 Å². The first-order valence-electron chi connectivity index (χ1n) is 10.9. The molecule has 0 atom stereocenters. The summed E-state index contributed by atoms with van der Waals surface area (Å²) < 4.78 is 7.80. The molecule has 6 heteroatoms. The number of nitrogens with zero attached hydrogens (tertiary/aromatic N) is 1. The van der Waals surface area contributed by atoms with Gasteiger partial charge >= 0.3 is 0 Å². The molecule has 174 valence electrons. The summed E-state index contributed by atoms with van der Waals surface area (Å²) in [5.74, 6) is 0.270. The number of carbonyl (C=O) groups excluding carboxylic acids is 1. The van der Waals surface area contributed by atoms with Crippen LogP contribution in [0.4, 0.5) is 5.69 Å². The van der Waals surface area contributed by atoms with Crippen LogP contribution in [-0.2, 0) is 11.4 Å². The van der Waals surface area contributed by atoms with Gasteiger partial charge in [-0.1, -0.05) is 48.5 Å². The van der Waals surface area contributed by atoms with Gasteiger partial charge in [0, 0.05) is 5.69 Å². The zero-order valence-corrected chi connectivity index (χ0v) is 23.0. The third-order valence-corrected chi connectivity index (χ3v) is 7.10. The van der Waals surface area contributed by atoms with Crippen molar-refractivity contribution in [1.29, 1.82) is 5.26 Å². The Kier molecular flexibility index (Phi) is 7.89. The third kappa shape index (κ3) is 5.92. The lowest BCUT2D eigenvalue weighted by Gasteiger charge is -2.13. The number of amides is 1. The van der Waals surface area contributed by atoms with Crippen molar-refractivity contribution in [3.05, 3.63) is 109 Å². The van der Waals surface area contributed by atoms with Gasteiger partial charge in [0.15, 0.2) is 0 Å². The highest BCUT2D eigenvalue weighted by molar-refractivity contribution is 14.1. The topological polar surface area (TPSA) is 62.1 Å². The van der Waals surface area contributed by atoms with Crippen molar-refractivity contribution < 1.29 is 9.53 Å². The smallest absolute Gasteiger partial charge is 0.266 e. The highest BCUT2D eigenvalue weighted by Gasteiger charge is 2.13. The second-order valence-corrected chi connectivity index (χ2v) is 10.2. The van der Waals surface area contributed by atoms with E-state index in [-0.39, 0.29) is 5.57 Å². The number of carbonyl (C=O) groups is 1. The van der Waals surface area contributed by atoms with Crippen LogP contribution in [0.25, 0.3) is 16.8 Å². The molecule has 1 amide bonds. The van der Waals surface area contributed by atoms with Crippen LogP contribution >= 0.6 is 38.5 Å². The number of ether oxygens (including phenoxy) is 1. The van der Waals surface area contributed by atoms with Crippen LogP contribution < -0.4 is 10.1 Å². The summed E-state index contributed by atoms with van der Waals surface area (Å²) in [4.78, 5) is 12.7. The van der Waals surface area contributed by atoms with Gasteiger partial charge in [0.05, 0.1) is 8.04 Å². The first kappa shape index (κ1) is 25.0. The maximum Gasteiger partial charge on any atom is 0.266 e. The first-order valence-corrected chi connectivity index (χ1v) is 12.8. The minimum Gasteiger partial charge on any atom is -0.487 e. The van der Waals surface area contributed by atoms with Crippen molar-refractivity contribution in [2.45, 2.75) is 20.5 Å². The van der Waals surface area contributed by atoms with Crippen LogP contribution in [0.2, 0.25) is 0 Å². The molecule has 0 unspecified atom stereocenters. The Hall–Kier alpha value is -3.15. The molecule has 4 aromatic rings. The fourth-order valence-corrected chi connectivity index (χ4v) is 5.47. The van der Waals surface area contributed by atoms with Crippen LogP contribution in [0.5, 0.6) is 5.75 Å². The molecule has 0 spiro atoms. The lowest BCUT2D eigenvalue weighted by atomic mass is 10.1. The highest BCUT2D eigenvalue weighted by atomic mass is 127. The number of halogens is 2. The molecule has 0 aromatic heterocycles. The SMILES string of the molecule is Cc1ccc(NC(=O)/C(C#N)=C/c2cc(Br)c(OCc3cccc4ccccc34)c(I)c2)cc1C. The number of nitrogens with one attached hydrogen (secondary N) is 1. The van der Waals surface area contributed by atoms with Crippen molar-refractivity contribution in [1.82, 2.24) is 0 Å². The number of hydrogen-bond acceptors (Lipinski definition) is 3. The number of anilines is 1. The number of fused-ring (bicyclic) bond motifs is 1. The quantitative estimate of drug-likeness (QED) is 0.133. The summed E-state index contributed by atoms with van der Waals surface area (Å²) >= 11 is 5.80. The monoisotopic (exact) mass is 636 g/mol. The van der Waals surface area contributed by atoms with E-state index < -0.39 is 5.91 Å². The van der Waals surface area contributed by atoms with Crippen molar-refractivity contribution in [2.24, 2.45) is 0 Å². The number of nitriles is 1. The Balaban J connectivity index is 1.53. The molecule has 0 aliphatic heterocycles. The number of aryl methyl sites for hydroxylation is 2. The first-order chi connectivity index (χ1) is 16.9. The molecular weight excluding hydrogens is 615 g/mol. The van der Waals surface area contributed by atoms with Crippen LogP contribution in [0.3, 0.4) is 0 Å². The van der Waals surface area contributed by atoms with Gasteiger partial charge in [0.2, 0.25) is 0 Å². The second-order valence-electron chi connectivity index (χ2n) is 8.16. The molecule has 0 saturated heterocycles. The summed E-state index contributed by atoms with van der Waals surface area (Å²) in [6.07, 6.45) is 1.58. The summed E-state index contributed by atoms with van der Waals surface area (Å²) in [5, 5.41) is 14.7. The lowest BCUT2D eigenvalue weighted by molar-refractivity contribution is -0.112. The maximum atomic E-state index is 12.7. The number of hydrogen-bond donors (Lipinski definition) is 1. The van der Waals surface area contributed by atoms with E-state index >= 15 is 0 Å². The van der Waals surface area contributed by atoms with Gasteiger partial charge in [-0.2, -0.15) is 5.26 Å². The Morgan fingerprint density at radius 2 is 1.83 bits per heavy atom. The largest absolute Gasteiger partial charge is 0.487 e. The molecule has 0 fully saturated rings. The standard InChI is InChI=1S/C29H22BrIN2O2/c1-18-10-11-24(12-19(18)2)33-29(34)23(16-32)13-20-14-26(30)28(27(31)15-20)35-17-22-8-5-7-21-6-3-4-9-25(21)22/h3-15H,17H2,1-2H3,(H,33,34)/b23-13+. The molecule has 0 radical (unpaired) electrons. The predicted molar refractivity (Wildman–Crippen MR) is 153 cm³/mol. The fraction of sp³-hybridized carbons (Fsp3) is 0.103. The van der Waals surface area contributed by atoms with Gasteiger partial charge in [0.1, 0.15) is 24.0 Å². The molecule has 4 aromatic carbocycles. The van der Waals surface area contributed by atoms with Crippen LogP contribution in [0.1, 0.15) is 22.3 Å². The normalized spacial score (nSPS) is 11.2. The van der Waals surface area contributed by atoms with E-state index in [2.05, 4.69) is 68.1 Å². The van der Waals surface area contributed by atoms with E-state index in [1.165, 1.54) is 5.39 Å². The van der Waals surface area contributed by atoms with Gasteiger partial charge in [0.25, 0.3) is 5.91 Å². The van der Waals surface area contributed by atoms with E-state index in [4.69, 9.17) is 4.74 Å². The van der Waals surface area contributed by atoms with E-state index in [1.54, 1.807) is 6.08 Å². The van der Waals surface area contributed by atoms with Crippen molar-refractivity contribution in [2.75, 3.05) is 5.32 Å². The average molecular weight is 637 g/mol. The summed E-state index contributed by atoms with van der Waals surface area (Å²) in [5.41, 5.74) is 4.72. The second kappa shape index (κ2) is 11.1. The Morgan fingerprint density at radius 3 is 2.57 bits per heavy atom. The van der Waals surface area contributed by atoms with Crippen LogP contribution in [0.15, 0.2) is 82.8 Å². The molecule has 4 nitrogen and oxygen atoms in total. The van der Waals surface area contributed by atoms with E-state index in [0.717, 1.165) is 35.7 Å². The van der Waals surface area contributed by atoms with Crippen molar-refractivity contribution in [3.8, 4) is 11.8 Å². The average Bonchev–Trinajstić information content (AvgIpc) is 2.84. The number of rotatable bonds is 6. The Labute approximate surface area is 226 Å². The van der Waals surface area contributed by atoms with Gasteiger partial charge in [-0.3, -0.25) is 4.79 Å². The zero-order chi connectivity index (χ0) is 24.9. The molecule has 0 aliphatic carbocycles. The molecule has 35 heavy (non-hydrogen) atoms. The van der Waals surface area contributed by atoms with Crippen molar-refractivity contribution in [3.63, 3.8) is 0 Å². The van der Waals surface area contributed by atoms with Crippen molar-refractivity contribution >= 4 is 67.0 Å². The van der Waals surface area contributed by atoms with E-state index in [9.17, 15) is 10.1 Å². The minimum absolute atomic E-state index is 0.0235. The minimum atomic E-state index is -0.446. The molecule has 0 aliphatic rings. The lowest BCUT2D eigenvalue weighted by Crippen LogP contribution is -2.13. The van der Waals surface area contributed by atoms with Gasteiger partial charge in [-0.15, -0.1) is 0 Å². The summed E-state index contributed by atoms with van der Waals surface area (Å²) in [6.45, 7) is 4.42. The van der Waals surface area contributed by atoms with E-state index in [1.807, 2.05) is 68.4 Å². The molecule has 1 N–H and O–H groups in total. The summed E-state index contributed by atoms with van der Waals surface area (Å²) in [6, 6.07) is 25.8. The highest BCUT2D eigenvalue weighted by Crippen LogP contribution is 2.34. The molecule has 0 saturated carbocycles. The zero-order valence-electron chi connectivity index (χ0n) is 19.2. The fourth-order valence-electron chi connectivity index (χ4n) is 3.70. The number of benzene rings is 4. The van der Waals surface area contributed by atoms with Gasteiger partial charge in [-0.25, -0.2) is 0 Å². The predicted octanol–water partition coefficient (Wildman–Crippen LogP) is 7.95. The summed E-state index contributed by atoms with van der Waals surface area (Å²) in [7, 11) is 0. The maximum absolute atomic E-state index is 12.7. The van der Waals surface area contributed by atoms with Crippen LogP contribution in [-0.4, -0.2) is 5.91 Å². The Bertz CT molecular complexity index is 1480. The van der Waals surface area contributed by atoms with Crippen LogP contribution in [0, 0.1) is 28.7 Å². The molecule has 4 rings (SSSR count). The van der Waals surface area contributed by atoms with Gasteiger partial charge < -0.3 is 10.1 Å². The van der Waals surface area contributed by atoms with E-state index in [0.29, 0.717) is 18.0 Å².